The number of hydrogen-bond acceptors (Lipinski definition) is 3. The summed E-state index contributed by atoms with van der Waals surface area (Å²) in [5.74, 6) is 0.598. The predicted molar refractivity (Wildman–Crippen MR) is 167 cm³/mol. The first-order valence-electron chi connectivity index (χ1n) is 15.3. The van der Waals surface area contributed by atoms with Crippen LogP contribution in [0, 0.1) is 0 Å². The molecule has 0 bridgehead atoms. The highest BCUT2D eigenvalue weighted by Crippen LogP contribution is 2.32. The summed E-state index contributed by atoms with van der Waals surface area (Å²) in [7, 11) is 0. The lowest BCUT2D eigenvalue weighted by molar-refractivity contribution is 0.302. The largest absolute Gasteiger partial charge is 0.508 e. The summed E-state index contributed by atoms with van der Waals surface area (Å²) in [6, 6.07) is 24.9. The predicted octanol–water partition coefficient (Wildman–Crippen LogP) is 9.65. The van der Waals surface area contributed by atoms with Gasteiger partial charge in [0.1, 0.15) is 12.4 Å². The zero-order chi connectivity index (χ0) is 28.0. The summed E-state index contributed by atoms with van der Waals surface area (Å²) < 4.78 is 8.58. The minimum Gasteiger partial charge on any atom is -0.508 e. The summed E-state index contributed by atoms with van der Waals surface area (Å²) in [4.78, 5) is 13.7. The molecule has 1 heterocycles. The van der Waals surface area contributed by atoms with Gasteiger partial charge in [0, 0.05) is 17.5 Å². The first-order valence-corrected chi connectivity index (χ1v) is 15.3. The molecule has 4 nitrogen and oxygen atoms in total. The SMILES string of the molecule is CCCCCCCCCCCCCCn1c(-c2ccccc2)c(OCc2ccc(O)cc2)c(=O)c2ccccc21. The van der Waals surface area contributed by atoms with E-state index in [0.717, 1.165) is 35.3 Å². The van der Waals surface area contributed by atoms with Crippen LogP contribution in [0.5, 0.6) is 11.5 Å². The Morgan fingerprint density at radius 2 is 1.25 bits per heavy atom. The molecule has 0 spiro atoms. The number of aryl methyl sites for hydroxylation is 1. The summed E-state index contributed by atoms with van der Waals surface area (Å²) in [6.07, 6.45) is 15.7. The zero-order valence-electron chi connectivity index (χ0n) is 24.1. The third-order valence-electron chi connectivity index (χ3n) is 7.73. The van der Waals surface area contributed by atoms with Crippen molar-refractivity contribution in [1.29, 1.82) is 0 Å². The van der Waals surface area contributed by atoms with Crippen LogP contribution in [-0.2, 0) is 13.2 Å². The molecule has 4 aromatic rings. The topological polar surface area (TPSA) is 51.5 Å². The second-order valence-corrected chi connectivity index (χ2v) is 10.9. The summed E-state index contributed by atoms with van der Waals surface area (Å²) in [5.41, 5.74) is 3.58. The van der Waals surface area contributed by atoms with Crippen LogP contribution in [-0.4, -0.2) is 9.67 Å². The lowest BCUT2D eigenvalue weighted by atomic mass is 10.0. The first-order chi connectivity index (χ1) is 19.7. The highest BCUT2D eigenvalue weighted by molar-refractivity contribution is 5.86. The molecule has 0 amide bonds. The molecule has 0 unspecified atom stereocenters. The maximum absolute atomic E-state index is 13.7. The number of benzene rings is 3. The van der Waals surface area contributed by atoms with Gasteiger partial charge in [-0.05, 0) is 36.2 Å². The smallest absolute Gasteiger partial charge is 0.231 e. The Kier molecular flexibility index (Phi) is 11.7. The molecule has 212 valence electrons. The minimum absolute atomic E-state index is 0.0841. The number of para-hydroxylation sites is 1. The minimum atomic E-state index is -0.0841. The highest BCUT2D eigenvalue weighted by Gasteiger charge is 2.20. The molecule has 0 atom stereocenters. The van der Waals surface area contributed by atoms with Crippen molar-refractivity contribution in [3.05, 3.63) is 94.6 Å². The normalized spacial score (nSPS) is 11.2. The van der Waals surface area contributed by atoms with Gasteiger partial charge in [0.15, 0.2) is 5.75 Å². The number of aromatic hydroxyl groups is 1. The van der Waals surface area contributed by atoms with E-state index in [1.54, 1.807) is 12.1 Å². The summed E-state index contributed by atoms with van der Waals surface area (Å²) in [5, 5.41) is 10.3. The van der Waals surface area contributed by atoms with Crippen molar-refractivity contribution in [3.8, 4) is 22.8 Å². The van der Waals surface area contributed by atoms with Crippen LogP contribution in [0.2, 0.25) is 0 Å². The fraction of sp³-hybridized carbons (Fsp3) is 0.417. The molecule has 4 rings (SSSR count). The van der Waals surface area contributed by atoms with Crippen LogP contribution >= 0.6 is 0 Å². The quantitative estimate of drug-likeness (QED) is 0.136. The van der Waals surface area contributed by atoms with Gasteiger partial charge in [-0.25, -0.2) is 0 Å². The van der Waals surface area contributed by atoms with E-state index in [1.807, 2.05) is 54.6 Å². The number of fused-ring (bicyclic) bond motifs is 1. The number of unbranched alkanes of at least 4 members (excludes halogenated alkanes) is 11. The average molecular weight is 540 g/mol. The number of nitrogens with zero attached hydrogens (tertiary/aromatic N) is 1. The van der Waals surface area contributed by atoms with E-state index in [4.69, 9.17) is 4.74 Å². The van der Waals surface area contributed by atoms with E-state index < -0.39 is 0 Å². The van der Waals surface area contributed by atoms with Gasteiger partial charge < -0.3 is 14.4 Å². The number of aromatic nitrogens is 1. The van der Waals surface area contributed by atoms with Crippen LogP contribution in [0.15, 0.2) is 83.7 Å². The zero-order valence-corrected chi connectivity index (χ0v) is 24.1. The fourth-order valence-corrected chi connectivity index (χ4v) is 5.48. The molecule has 40 heavy (non-hydrogen) atoms. The Balaban J connectivity index is 1.47. The molecule has 0 fully saturated rings. The van der Waals surface area contributed by atoms with Crippen molar-refractivity contribution in [2.24, 2.45) is 0 Å². The third-order valence-corrected chi connectivity index (χ3v) is 7.73. The van der Waals surface area contributed by atoms with Crippen LogP contribution in [0.25, 0.3) is 22.2 Å². The van der Waals surface area contributed by atoms with Crippen LogP contribution < -0.4 is 10.2 Å². The molecule has 0 radical (unpaired) electrons. The van der Waals surface area contributed by atoms with Crippen LogP contribution in [0.1, 0.15) is 89.5 Å². The molecule has 0 saturated heterocycles. The van der Waals surface area contributed by atoms with Gasteiger partial charge in [0.05, 0.1) is 11.2 Å². The number of ether oxygens (including phenoxy) is 1. The maximum Gasteiger partial charge on any atom is 0.231 e. The molecule has 4 heteroatoms. The lowest BCUT2D eigenvalue weighted by Crippen LogP contribution is -2.17. The molecule has 0 aliphatic rings. The third kappa shape index (κ3) is 8.24. The van der Waals surface area contributed by atoms with Gasteiger partial charge >= 0.3 is 0 Å². The van der Waals surface area contributed by atoms with Crippen molar-refractivity contribution >= 4 is 10.9 Å². The van der Waals surface area contributed by atoms with Gasteiger partial charge in [-0.3, -0.25) is 4.79 Å². The number of hydrogen-bond donors (Lipinski definition) is 1. The highest BCUT2D eigenvalue weighted by atomic mass is 16.5. The summed E-state index contributed by atoms with van der Waals surface area (Å²) >= 11 is 0. The van der Waals surface area contributed by atoms with Gasteiger partial charge in [0.2, 0.25) is 5.43 Å². The number of rotatable bonds is 17. The number of phenolic OH excluding ortho intramolecular Hbond substituents is 1. The van der Waals surface area contributed by atoms with E-state index in [2.05, 4.69) is 23.6 Å². The maximum atomic E-state index is 13.7. The van der Waals surface area contributed by atoms with Gasteiger partial charge in [-0.1, -0.05) is 132 Å². The number of phenols is 1. The summed E-state index contributed by atoms with van der Waals surface area (Å²) in [6.45, 7) is 3.36. The van der Waals surface area contributed by atoms with E-state index in [-0.39, 0.29) is 17.8 Å². The second-order valence-electron chi connectivity index (χ2n) is 10.9. The van der Waals surface area contributed by atoms with Gasteiger partial charge in [0.25, 0.3) is 0 Å². The molecule has 0 aliphatic heterocycles. The first kappa shape index (κ1) is 29.5. The second kappa shape index (κ2) is 15.9. The van der Waals surface area contributed by atoms with Crippen LogP contribution in [0.3, 0.4) is 0 Å². The number of pyridine rings is 1. The van der Waals surface area contributed by atoms with E-state index >= 15 is 0 Å². The van der Waals surface area contributed by atoms with Crippen molar-refractivity contribution in [2.45, 2.75) is 97.1 Å². The fourth-order valence-electron chi connectivity index (χ4n) is 5.48. The molecule has 0 aliphatic carbocycles. The molecule has 1 N–H and O–H groups in total. The monoisotopic (exact) mass is 539 g/mol. The molecule has 3 aromatic carbocycles. The molecule has 1 aromatic heterocycles. The molecule has 0 saturated carbocycles. The van der Waals surface area contributed by atoms with Crippen molar-refractivity contribution < 1.29 is 9.84 Å². The standard InChI is InChI=1S/C36H45NO3/c1-2-3-4-5-6-7-8-9-10-11-12-18-27-37-33-22-17-16-21-32(33)35(39)36(34(37)30-19-14-13-15-20-30)40-28-29-23-25-31(38)26-24-29/h13-17,19-26,38H,2-12,18,27-28H2,1H3. The van der Waals surface area contributed by atoms with Crippen molar-refractivity contribution in [2.75, 3.05) is 0 Å². The molecular formula is C36H45NO3. The average Bonchev–Trinajstić information content (AvgIpc) is 2.99. The Morgan fingerprint density at radius 1 is 0.675 bits per heavy atom. The van der Waals surface area contributed by atoms with Crippen molar-refractivity contribution in [3.63, 3.8) is 0 Å². The van der Waals surface area contributed by atoms with Gasteiger partial charge in [-0.15, -0.1) is 0 Å². The Labute approximate surface area is 239 Å². The Bertz CT molecular complexity index is 1360. The Morgan fingerprint density at radius 3 is 1.90 bits per heavy atom. The van der Waals surface area contributed by atoms with Crippen molar-refractivity contribution in [1.82, 2.24) is 4.57 Å². The molecular weight excluding hydrogens is 494 g/mol. The Hall–Kier alpha value is -3.53. The van der Waals surface area contributed by atoms with E-state index in [0.29, 0.717) is 11.1 Å². The van der Waals surface area contributed by atoms with E-state index in [1.165, 1.54) is 70.6 Å². The lowest BCUT2D eigenvalue weighted by Gasteiger charge is -2.21. The van der Waals surface area contributed by atoms with E-state index in [9.17, 15) is 9.90 Å². The van der Waals surface area contributed by atoms with Gasteiger partial charge in [-0.2, -0.15) is 0 Å². The van der Waals surface area contributed by atoms with Crippen LogP contribution in [0.4, 0.5) is 0 Å².